The van der Waals surface area contributed by atoms with E-state index in [1.165, 1.54) is 0 Å². The monoisotopic (exact) mass is 242 g/mol. The van der Waals surface area contributed by atoms with Crippen LogP contribution in [0.2, 0.25) is 0 Å². The van der Waals surface area contributed by atoms with Crippen LogP contribution in [0.1, 0.15) is 0 Å². The molecule has 0 saturated carbocycles. The second-order valence-electron chi connectivity index (χ2n) is 3.81. The van der Waals surface area contributed by atoms with E-state index in [1.807, 2.05) is 0 Å². The van der Waals surface area contributed by atoms with Crippen LogP contribution in [-0.2, 0) is 9.47 Å². The maximum Gasteiger partial charge on any atom is 1.00 e. The smallest absolute Gasteiger partial charge is 0.860 e. The Labute approximate surface area is 131 Å². The van der Waals surface area contributed by atoms with E-state index in [-0.39, 0.29) is 37.7 Å². The fraction of sp³-hybridized carbons (Fsp3) is 0.800. The van der Waals surface area contributed by atoms with Crippen LogP contribution in [0.4, 0.5) is 0 Å². The summed E-state index contributed by atoms with van der Waals surface area (Å²) in [5.74, 6) is -0.824. The van der Waals surface area contributed by atoms with Crippen molar-refractivity contribution in [3.8, 4) is 0 Å². The average Bonchev–Trinajstić information content (AvgIpc) is 2.39. The van der Waals surface area contributed by atoms with Crippen molar-refractivity contribution in [2.24, 2.45) is 0 Å². The maximum atomic E-state index is 11.8. The van der Waals surface area contributed by atoms with E-state index in [0.717, 1.165) is 0 Å². The molecule has 2 aliphatic rings. The van der Waals surface area contributed by atoms with Crippen molar-refractivity contribution in [3.05, 3.63) is 11.8 Å². The van der Waals surface area contributed by atoms with Crippen LogP contribution in [0.15, 0.2) is 11.8 Å². The molecule has 2 rings (SSSR count). The maximum absolute atomic E-state index is 11.8. The third-order valence-electron chi connectivity index (χ3n) is 2.78. The van der Waals surface area contributed by atoms with Crippen LogP contribution < -0.4 is 47.9 Å². The summed E-state index contributed by atoms with van der Waals surface area (Å²) in [7, 11) is 0. The molecule has 0 amide bonds. The normalized spacial score (nSPS) is 21.6. The van der Waals surface area contributed by atoms with Gasteiger partial charge in [-0.05, 0) is 11.8 Å². The van der Waals surface area contributed by atoms with Crippen LogP contribution in [-0.4, -0.2) is 62.4 Å². The first-order valence-electron chi connectivity index (χ1n) is 5.53. The quantitative estimate of drug-likeness (QED) is 0.354. The van der Waals surface area contributed by atoms with Crippen LogP contribution in [0, 0.1) is 0 Å². The van der Waals surface area contributed by atoms with E-state index in [4.69, 9.17) is 9.47 Å². The van der Waals surface area contributed by atoms with Gasteiger partial charge in [-0.15, -0.1) is 0 Å². The molecule has 2 heterocycles. The van der Waals surface area contributed by atoms with Crippen molar-refractivity contribution in [2.75, 3.05) is 52.6 Å². The molecule has 0 spiro atoms. The minimum absolute atomic E-state index is 0. The zero-order valence-corrected chi connectivity index (χ0v) is 11.2. The predicted octanol–water partition coefficient (Wildman–Crippen LogP) is -8.49. The predicted molar refractivity (Wildman–Crippen MR) is 51.8 cm³/mol. The van der Waals surface area contributed by atoms with E-state index in [0.29, 0.717) is 52.6 Å². The van der Waals surface area contributed by atoms with Gasteiger partial charge in [-0.2, -0.15) is 0 Å². The minimum Gasteiger partial charge on any atom is -0.860 e. The van der Waals surface area contributed by atoms with Gasteiger partial charge in [0.2, 0.25) is 0 Å². The molecule has 0 radical (unpaired) electrons. The fourth-order valence-electron chi connectivity index (χ4n) is 1.80. The third-order valence-corrected chi connectivity index (χ3v) is 2.78. The number of hydrogen-bond acceptors (Lipinski definition) is 6. The molecule has 0 aromatic rings. The van der Waals surface area contributed by atoms with Crippen molar-refractivity contribution in [2.45, 2.75) is 0 Å². The molecule has 6 nitrogen and oxygen atoms in total. The van der Waals surface area contributed by atoms with Crippen molar-refractivity contribution >= 4 is 0 Å². The Morgan fingerprint density at radius 1 is 0.667 bits per heavy atom. The van der Waals surface area contributed by atoms with Crippen molar-refractivity contribution in [1.29, 1.82) is 0 Å². The van der Waals surface area contributed by atoms with Crippen LogP contribution in [0.5, 0.6) is 0 Å². The molecule has 0 aromatic heterocycles. The second-order valence-corrected chi connectivity index (χ2v) is 3.81. The van der Waals surface area contributed by atoms with Crippen LogP contribution in [0.3, 0.4) is 0 Å². The summed E-state index contributed by atoms with van der Waals surface area (Å²) in [6.07, 6.45) is 0. The number of rotatable bonds is 2. The summed E-state index contributed by atoms with van der Waals surface area (Å²) in [6, 6.07) is 0. The first kappa shape index (κ1) is 18.1. The first-order valence-corrected chi connectivity index (χ1v) is 5.53. The number of nitrogens with zero attached hydrogens (tertiary/aromatic N) is 2. The summed E-state index contributed by atoms with van der Waals surface area (Å²) < 4.78 is 10.3. The van der Waals surface area contributed by atoms with E-state index in [9.17, 15) is 10.2 Å². The van der Waals surface area contributed by atoms with Gasteiger partial charge < -0.3 is 29.5 Å². The van der Waals surface area contributed by atoms with Crippen LogP contribution in [0.25, 0.3) is 0 Å². The number of hydrogen-bond donors (Lipinski definition) is 0. The Hall–Kier alpha value is 0.0548. The third kappa shape index (κ3) is 4.62. The molecule has 0 unspecified atom stereocenters. The van der Waals surface area contributed by atoms with E-state index < -0.39 is 11.8 Å². The molecule has 8 heteroatoms. The molecular formula is C10H16Li2N2O4. The molecule has 0 N–H and O–H groups in total. The summed E-state index contributed by atoms with van der Waals surface area (Å²) in [5, 5.41) is 23.7. The molecule has 18 heavy (non-hydrogen) atoms. The Bertz CT molecular complexity index is 241. The minimum atomic E-state index is -0.412. The van der Waals surface area contributed by atoms with Gasteiger partial charge in [0.05, 0.1) is 26.4 Å². The fourth-order valence-corrected chi connectivity index (χ4v) is 1.80. The molecule has 2 fully saturated rings. The van der Waals surface area contributed by atoms with Crippen molar-refractivity contribution < 1.29 is 57.4 Å². The first-order chi connectivity index (χ1) is 7.79. The molecule has 2 aliphatic heterocycles. The number of ether oxygens (including phenoxy) is 2. The molecular weight excluding hydrogens is 226 g/mol. The molecule has 2 saturated heterocycles. The molecule has 0 atom stereocenters. The van der Waals surface area contributed by atoms with Gasteiger partial charge in [-0.25, -0.2) is 0 Å². The standard InChI is InChI=1S/C10H18N2O4.2Li/c13-9(11-1-5-15-6-2-11)10(14)12-3-7-16-8-4-12;;/h13-14H,1-8H2;;/q;2*+1/p-2. The van der Waals surface area contributed by atoms with Crippen LogP contribution >= 0.6 is 0 Å². The van der Waals surface area contributed by atoms with Gasteiger partial charge in [0.25, 0.3) is 0 Å². The van der Waals surface area contributed by atoms with Crippen molar-refractivity contribution in [1.82, 2.24) is 9.80 Å². The topological polar surface area (TPSA) is 71.1 Å². The summed E-state index contributed by atoms with van der Waals surface area (Å²) in [5.41, 5.74) is 0. The van der Waals surface area contributed by atoms with E-state index in [1.54, 1.807) is 9.80 Å². The van der Waals surface area contributed by atoms with Gasteiger partial charge in [0, 0.05) is 26.2 Å². The molecule has 0 aliphatic carbocycles. The van der Waals surface area contributed by atoms with Gasteiger partial charge in [-0.3, -0.25) is 0 Å². The second kappa shape index (κ2) is 9.04. The Morgan fingerprint density at radius 2 is 0.944 bits per heavy atom. The summed E-state index contributed by atoms with van der Waals surface area (Å²) in [4.78, 5) is 3.11. The Kier molecular flexibility index (Phi) is 9.07. The summed E-state index contributed by atoms with van der Waals surface area (Å²) >= 11 is 0. The van der Waals surface area contributed by atoms with E-state index in [2.05, 4.69) is 0 Å². The number of morpholine rings is 2. The zero-order chi connectivity index (χ0) is 11.4. The molecule has 0 aromatic carbocycles. The van der Waals surface area contributed by atoms with Crippen molar-refractivity contribution in [3.63, 3.8) is 0 Å². The zero-order valence-electron chi connectivity index (χ0n) is 11.2. The SMILES string of the molecule is [Li+].[Li+].[O-]C(=C([O-])N1CCOCC1)N1CCOCC1. The molecule has 0 bridgehead atoms. The average molecular weight is 242 g/mol. The van der Waals surface area contributed by atoms with Gasteiger partial charge in [0.1, 0.15) is 0 Å². The van der Waals surface area contributed by atoms with Gasteiger partial charge in [0.15, 0.2) is 0 Å². The Balaban J connectivity index is 0.00000144. The summed E-state index contributed by atoms with van der Waals surface area (Å²) in [6.45, 7) is 4.10. The van der Waals surface area contributed by atoms with Gasteiger partial charge in [-0.1, -0.05) is 0 Å². The molecule has 92 valence electrons. The van der Waals surface area contributed by atoms with E-state index >= 15 is 0 Å². The van der Waals surface area contributed by atoms with Gasteiger partial charge >= 0.3 is 37.7 Å². The Morgan fingerprint density at radius 3 is 1.22 bits per heavy atom. The largest absolute Gasteiger partial charge is 1.00 e.